The molecule has 2 fully saturated rings. The van der Waals surface area contributed by atoms with Crippen LogP contribution in [0.3, 0.4) is 0 Å². The number of Topliss-reactive ketones (excluding diaryl/α,β-unsaturated/α-hetero) is 1. The standard InChI is InChI=1S/C17H22FNO2/c1-21-17-8-7-12(10-14(17)18)11-19-9-3-5-15(19)13-4-2-6-16(13)20/h7-8,10,13,15H,2-6,9,11H2,1H3. The molecule has 1 aliphatic heterocycles. The van der Waals surface area contributed by atoms with Crippen molar-refractivity contribution >= 4 is 5.78 Å². The molecule has 114 valence electrons. The summed E-state index contributed by atoms with van der Waals surface area (Å²) < 4.78 is 18.7. The Morgan fingerprint density at radius 3 is 2.86 bits per heavy atom. The fourth-order valence-corrected chi connectivity index (χ4v) is 3.80. The molecule has 0 amide bonds. The highest BCUT2D eigenvalue weighted by molar-refractivity contribution is 5.83. The quantitative estimate of drug-likeness (QED) is 0.853. The van der Waals surface area contributed by atoms with Crippen LogP contribution in [0.4, 0.5) is 4.39 Å². The lowest BCUT2D eigenvalue weighted by Crippen LogP contribution is -2.37. The highest BCUT2D eigenvalue weighted by Gasteiger charge is 2.37. The molecule has 1 heterocycles. The van der Waals surface area contributed by atoms with Gasteiger partial charge < -0.3 is 4.74 Å². The van der Waals surface area contributed by atoms with Gasteiger partial charge in [0, 0.05) is 24.9 Å². The smallest absolute Gasteiger partial charge is 0.165 e. The monoisotopic (exact) mass is 291 g/mol. The molecule has 1 aromatic rings. The van der Waals surface area contributed by atoms with Gasteiger partial charge in [0.25, 0.3) is 0 Å². The first-order valence-corrected chi connectivity index (χ1v) is 7.78. The van der Waals surface area contributed by atoms with Crippen molar-refractivity contribution in [3.05, 3.63) is 29.6 Å². The molecule has 1 saturated heterocycles. The topological polar surface area (TPSA) is 29.5 Å². The minimum absolute atomic E-state index is 0.204. The normalized spacial score (nSPS) is 26.5. The lowest BCUT2D eigenvalue weighted by molar-refractivity contribution is -0.122. The Kier molecular flexibility index (Phi) is 4.24. The van der Waals surface area contributed by atoms with Crippen molar-refractivity contribution in [2.45, 2.75) is 44.7 Å². The largest absolute Gasteiger partial charge is 0.494 e. The van der Waals surface area contributed by atoms with E-state index >= 15 is 0 Å². The molecule has 1 saturated carbocycles. The number of methoxy groups -OCH3 is 1. The van der Waals surface area contributed by atoms with Gasteiger partial charge in [-0.3, -0.25) is 9.69 Å². The first kappa shape index (κ1) is 14.5. The molecule has 0 bridgehead atoms. The van der Waals surface area contributed by atoms with E-state index in [1.54, 1.807) is 12.1 Å². The SMILES string of the molecule is COc1ccc(CN2CCCC2C2CCCC2=O)cc1F. The van der Waals surface area contributed by atoms with Crippen LogP contribution in [0.5, 0.6) is 5.75 Å². The van der Waals surface area contributed by atoms with Crippen LogP contribution in [0.25, 0.3) is 0 Å². The summed E-state index contributed by atoms with van der Waals surface area (Å²) in [6, 6.07) is 5.49. The molecule has 2 unspecified atom stereocenters. The molecule has 4 heteroatoms. The van der Waals surface area contributed by atoms with Gasteiger partial charge in [0.15, 0.2) is 11.6 Å². The van der Waals surface area contributed by atoms with E-state index in [2.05, 4.69) is 4.90 Å². The Bertz CT molecular complexity index is 532. The summed E-state index contributed by atoms with van der Waals surface area (Å²) in [5.74, 6) is 0.591. The van der Waals surface area contributed by atoms with Crippen molar-refractivity contribution < 1.29 is 13.9 Å². The summed E-state index contributed by atoms with van der Waals surface area (Å²) in [6.07, 6.45) is 5.02. The van der Waals surface area contributed by atoms with E-state index in [0.717, 1.165) is 50.8 Å². The third-order valence-corrected chi connectivity index (χ3v) is 4.83. The number of carbonyl (C=O) groups is 1. The van der Waals surface area contributed by atoms with Crippen LogP contribution in [0.1, 0.15) is 37.7 Å². The number of rotatable bonds is 4. The van der Waals surface area contributed by atoms with E-state index < -0.39 is 0 Å². The van der Waals surface area contributed by atoms with E-state index in [9.17, 15) is 9.18 Å². The molecule has 3 nitrogen and oxygen atoms in total. The van der Waals surface area contributed by atoms with E-state index in [-0.39, 0.29) is 17.5 Å². The molecule has 0 aromatic heterocycles. The predicted octanol–water partition coefficient (Wildman–Crippen LogP) is 3.17. The van der Waals surface area contributed by atoms with Crippen LogP contribution in [0, 0.1) is 11.7 Å². The molecule has 3 rings (SSSR count). The van der Waals surface area contributed by atoms with E-state index in [1.807, 2.05) is 6.07 Å². The van der Waals surface area contributed by atoms with Gasteiger partial charge in [0.1, 0.15) is 5.78 Å². The van der Waals surface area contributed by atoms with Crippen LogP contribution < -0.4 is 4.74 Å². The third-order valence-electron chi connectivity index (χ3n) is 4.83. The van der Waals surface area contributed by atoms with Crippen molar-refractivity contribution in [2.75, 3.05) is 13.7 Å². The molecule has 1 aromatic carbocycles. The minimum atomic E-state index is -0.317. The number of ketones is 1. The minimum Gasteiger partial charge on any atom is -0.494 e. The number of ether oxygens (including phenoxy) is 1. The van der Waals surface area contributed by atoms with E-state index in [0.29, 0.717) is 11.8 Å². The Hall–Kier alpha value is -1.42. The fourth-order valence-electron chi connectivity index (χ4n) is 3.80. The van der Waals surface area contributed by atoms with Crippen LogP contribution in [-0.4, -0.2) is 30.4 Å². The second-order valence-corrected chi connectivity index (χ2v) is 6.11. The lowest BCUT2D eigenvalue weighted by atomic mass is 9.95. The summed E-state index contributed by atoms with van der Waals surface area (Å²) in [6.45, 7) is 1.72. The maximum atomic E-state index is 13.8. The second-order valence-electron chi connectivity index (χ2n) is 6.11. The molecule has 1 aliphatic carbocycles. The summed E-state index contributed by atoms with van der Waals surface area (Å²) in [4.78, 5) is 14.4. The first-order chi connectivity index (χ1) is 10.2. The molecular weight excluding hydrogens is 269 g/mol. The van der Waals surface area contributed by atoms with Crippen molar-refractivity contribution in [3.63, 3.8) is 0 Å². The van der Waals surface area contributed by atoms with Gasteiger partial charge in [-0.05, 0) is 49.9 Å². The second kappa shape index (κ2) is 6.14. The molecule has 0 N–H and O–H groups in total. The van der Waals surface area contributed by atoms with Crippen LogP contribution >= 0.6 is 0 Å². The van der Waals surface area contributed by atoms with Crippen molar-refractivity contribution in [3.8, 4) is 5.75 Å². The van der Waals surface area contributed by atoms with Gasteiger partial charge in [-0.25, -0.2) is 4.39 Å². The maximum absolute atomic E-state index is 13.8. The number of nitrogens with zero attached hydrogens (tertiary/aromatic N) is 1. The van der Waals surface area contributed by atoms with Crippen LogP contribution in [0.15, 0.2) is 18.2 Å². The maximum Gasteiger partial charge on any atom is 0.165 e. The van der Waals surface area contributed by atoms with E-state index in [4.69, 9.17) is 4.74 Å². The van der Waals surface area contributed by atoms with Gasteiger partial charge in [0.2, 0.25) is 0 Å². The van der Waals surface area contributed by atoms with Crippen molar-refractivity contribution in [2.24, 2.45) is 5.92 Å². The summed E-state index contributed by atoms with van der Waals surface area (Å²) in [5, 5.41) is 0. The fraction of sp³-hybridized carbons (Fsp3) is 0.588. The Morgan fingerprint density at radius 1 is 1.33 bits per heavy atom. The molecule has 0 radical (unpaired) electrons. The van der Waals surface area contributed by atoms with E-state index in [1.165, 1.54) is 7.11 Å². The van der Waals surface area contributed by atoms with Crippen LogP contribution in [0.2, 0.25) is 0 Å². The molecule has 2 aliphatic rings. The highest BCUT2D eigenvalue weighted by Crippen LogP contribution is 2.34. The zero-order chi connectivity index (χ0) is 14.8. The predicted molar refractivity (Wildman–Crippen MR) is 78.7 cm³/mol. The lowest BCUT2D eigenvalue weighted by Gasteiger charge is -2.28. The Balaban J connectivity index is 1.71. The summed E-state index contributed by atoms with van der Waals surface area (Å²) >= 11 is 0. The zero-order valence-electron chi connectivity index (χ0n) is 12.5. The molecule has 21 heavy (non-hydrogen) atoms. The van der Waals surface area contributed by atoms with Gasteiger partial charge in [-0.1, -0.05) is 6.07 Å². The number of benzene rings is 1. The summed E-state index contributed by atoms with van der Waals surface area (Å²) in [5.41, 5.74) is 0.950. The Labute approximate surface area is 125 Å². The number of carbonyl (C=O) groups excluding carboxylic acids is 1. The van der Waals surface area contributed by atoms with Crippen LogP contribution in [-0.2, 0) is 11.3 Å². The highest BCUT2D eigenvalue weighted by atomic mass is 19.1. The molecule has 0 spiro atoms. The number of halogens is 1. The number of hydrogen-bond donors (Lipinski definition) is 0. The Morgan fingerprint density at radius 2 is 2.19 bits per heavy atom. The number of hydrogen-bond acceptors (Lipinski definition) is 3. The average molecular weight is 291 g/mol. The molecule has 2 atom stereocenters. The van der Waals surface area contributed by atoms with Crippen molar-refractivity contribution in [1.29, 1.82) is 0 Å². The third kappa shape index (κ3) is 2.95. The van der Waals surface area contributed by atoms with Crippen molar-refractivity contribution in [1.82, 2.24) is 4.90 Å². The van der Waals surface area contributed by atoms with Gasteiger partial charge >= 0.3 is 0 Å². The number of likely N-dealkylation sites (tertiary alicyclic amines) is 1. The zero-order valence-corrected chi connectivity index (χ0v) is 12.5. The first-order valence-electron chi connectivity index (χ1n) is 7.78. The van der Waals surface area contributed by atoms with Gasteiger partial charge in [0.05, 0.1) is 7.11 Å². The van der Waals surface area contributed by atoms with Gasteiger partial charge in [-0.2, -0.15) is 0 Å². The molecular formula is C17H22FNO2. The average Bonchev–Trinajstić information content (AvgIpc) is 3.07. The summed E-state index contributed by atoms with van der Waals surface area (Å²) in [7, 11) is 1.47. The van der Waals surface area contributed by atoms with Gasteiger partial charge in [-0.15, -0.1) is 0 Å².